The minimum absolute atomic E-state index is 0.552. The SMILES string of the molecule is CN1CCC([C@H]2C[C@@H]2N)C1. The number of rotatable bonds is 1. The van der Waals surface area contributed by atoms with Crippen LogP contribution in [0.1, 0.15) is 12.8 Å². The minimum Gasteiger partial charge on any atom is -0.327 e. The van der Waals surface area contributed by atoms with E-state index in [9.17, 15) is 0 Å². The van der Waals surface area contributed by atoms with Gasteiger partial charge in [0.05, 0.1) is 0 Å². The van der Waals surface area contributed by atoms with Crippen molar-refractivity contribution >= 4 is 0 Å². The van der Waals surface area contributed by atoms with Crippen molar-refractivity contribution in [1.29, 1.82) is 0 Å². The van der Waals surface area contributed by atoms with Crippen LogP contribution in [0, 0.1) is 11.8 Å². The van der Waals surface area contributed by atoms with Crippen LogP contribution in [0.4, 0.5) is 0 Å². The van der Waals surface area contributed by atoms with Gasteiger partial charge in [0, 0.05) is 12.6 Å². The summed E-state index contributed by atoms with van der Waals surface area (Å²) in [5.41, 5.74) is 5.77. The first-order valence-corrected chi connectivity index (χ1v) is 4.21. The van der Waals surface area contributed by atoms with E-state index in [0.29, 0.717) is 6.04 Å². The summed E-state index contributed by atoms with van der Waals surface area (Å²) in [7, 11) is 2.20. The van der Waals surface area contributed by atoms with E-state index in [0.717, 1.165) is 11.8 Å². The van der Waals surface area contributed by atoms with Crippen molar-refractivity contribution in [3.05, 3.63) is 0 Å². The maximum atomic E-state index is 5.77. The molecule has 2 aliphatic rings. The lowest BCUT2D eigenvalue weighted by Crippen LogP contribution is -2.16. The lowest BCUT2D eigenvalue weighted by molar-refractivity contribution is 0.379. The largest absolute Gasteiger partial charge is 0.327 e. The Labute approximate surface area is 62.4 Å². The van der Waals surface area contributed by atoms with Crippen molar-refractivity contribution in [1.82, 2.24) is 4.90 Å². The Morgan fingerprint density at radius 2 is 2.20 bits per heavy atom. The minimum atomic E-state index is 0.552. The molecule has 0 aromatic carbocycles. The summed E-state index contributed by atoms with van der Waals surface area (Å²) in [6, 6.07) is 0.552. The van der Waals surface area contributed by atoms with Crippen molar-refractivity contribution in [3.63, 3.8) is 0 Å². The maximum Gasteiger partial charge on any atom is 0.00742 e. The van der Waals surface area contributed by atoms with E-state index in [4.69, 9.17) is 5.73 Å². The summed E-state index contributed by atoms with van der Waals surface area (Å²) in [6.45, 7) is 2.58. The molecule has 0 aromatic heterocycles. The Hall–Kier alpha value is -0.0800. The standard InChI is InChI=1S/C8H16N2/c1-10-3-2-6(5-10)7-4-8(7)9/h6-8H,2-5,9H2,1H3/t6?,7-,8+/m1/s1. The predicted octanol–water partition coefficient (Wildman–Crippen LogP) is 0.285. The third-order valence-electron chi connectivity index (χ3n) is 2.92. The average molecular weight is 140 g/mol. The van der Waals surface area contributed by atoms with Crippen LogP contribution in [-0.2, 0) is 0 Å². The van der Waals surface area contributed by atoms with Gasteiger partial charge in [0.2, 0.25) is 0 Å². The fourth-order valence-electron chi connectivity index (χ4n) is 2.10. The maximum absolute atomic E-state index is 5.77. The van der Waals surface area contributed by atoms with Gasteiger partial charge in [-0.25, -0.2) is 0 Å². The summed E-state index contributed by atoms with van der Waals surface area (Å²) >= 11 is 0. The highest BCUT2D eigenvalue weighted by Crippen LogP contribution is 2.39. The highest BCUT2D eigenvalue weighted by molar-refractivity contribution is 4.97. The Morgan fingerprint density at radius 3 is 2.60 bits per heavy atom. The molecule has 10 heavy (non-hydrogen) atoms. The van der Waals surface area contributed by atoms with E-state index in [1.54, 1.807) is 0 Å². The van der Waals surface area contributed by atoms with Crippen LogP contribution in [0.3, 0.4) is 0 Å². The van der Waals surface area contributed by atoms with Crippen molar-refractivity contribution < 1.29 is 0 Å². The molecular formula is C8H16N2. The van der Waals surface area contributed by atoms with Gasteiger partial charge < -0.3 is 10.6 Å². The van der Waals surface area contributed by atoms with Gasteiger partial charge in [-0.1, -0.05) is 0 Å². The van der Waals surface area contributed by atoms with Gasteiger partial charge in [-0.05, 0) is 38.3 Å². The molecular weight excluding hydrogens is 124 g/mol. The van der Waals surface area contributed by atoms with Gasteiger partial charge >= 0.3 is 0 Å². The molecule has 2 rings (SSSR count). The van der Waals surface area contributed by atoms with Crippen LogP contribution >= 0.6 is 0 Å². The smallest absolute Gasteiger partial charge is 0.00742 e. The van der Waals surface area contributed by atoms with Gasteiger partial charge in [0.1, 0.15) is 0 Å². The Morgan fingerprint density at radius 1 is 1.50 bits per heavy atom. The Balaban J connectivity index is 1.85. The fourth-order valence-corrected chi connectivity index (χ4v) is 2.10. The fraction of sp³-hybridized carbons (Fsp3) is 1.00. The molecule has 1 aliphatic heterocycles. The zero-order valence-corrected chi connectivity index (χ0v) is 6.59. The molecule has 0 bridgehead atoms. The van der Waals surface area contributed by atoms with Crippen LogP contribution in [0.2, 0.25) is 0 Å². The van der Waals surface area contributed by atoms with E-state index >= 15 is 0 Å². The van der Waals surface area contributed by atoms with E-state index < -0.39 is 0 Å². The Bertz CT molecular complexity index is 135. The molecule has 0 aromatic rings. The van der Waals surface area contributed by atoms with Crippen molar-refractivity contribution in [3.8, 4) is 0 Å². The molecule has 1 unspecified atom stereocenters. The summed E-state index contributed by atoms with van der Waals surface area (Å²) in [5, 5.41) is 0. The lowest BCUT2D eigenvalue weighted by Gasteiger charge is -2.08. The average Bonchev–Trinajstić information content (AvgIpc) is 2.42. The zero-order valence-electron chi connectivity index (χ0n) is 6.59. The summed E-state index contributed by atoms with van der Waals surface area (Å²) in [6.07, 6.45) is 2.67. The van der Waals surface area contributed by atoms with Crippen LogP contribution in [0.5, 0.6) is 0 Å². The van der Waals surface area contributed by atoms with E-state index in [1.807, 2.05) is 0 Å². The first-order valence-electron chi connectivity index (χ1n) is 4.21. The van der Waals surface area contributed by atoms with Crippen LogP contribution in [0.15, 0.2) is 0 Å². The van der Waals surface area contributed by atoms with Crippen LogP contribution < -0.4 is 5.73 Å². The molecule has 2 heteroatoms. The van der Waals surface area contributed by atoms with E-state index in [1.165, 1.54) is 25.9 Å². The second-order valence-electron chi connectivity index (χ2n) is 3.87. The highest BCUT2D eigenvalue weighted by Gasteiger charge is 2.41. The number of hydrogen-bond acceptors (Lipinski definition) is 2. The second kappa shape index (κ2) is 2.21. The first-order chi connectivity index (χ1) is 4.77. The van der Waals surface area contributed by atoms with Crippen molar-refractivity contribution in [2.45, 2.75) is 18.9 Å². The topological polar surface area (TPSA) is 29.3 Å². The van der Waals surface area contributed by atoms with Crippen molar-refractivity contribution in [2.75, 3.05) is 20.1 Å². The van der Waals surface area contributed by atoms with Gasteiger partial charge in [0.15, 0.2) is 0 Å². The number of nitrogens with zero attached hydrogens (tertiary/aromatic N) is 1. The first kappa shape index (κ1) is 6.62. The van der Waals surface area contributed by atoms with E-state index in [2.05, 4.69) is 11.9 Å². The zero-order chi connectivity index (χ0) is 7.14. The summed E-state index contributed by atoms with van der Waals surface area (Å²) in [5.74, 6) is 1.81. The van der Waals surface area contributed by atoms with Gasteiger partial charge in [-0.3, -0.25) is 0 Å². The third-order valence-corrected chi connectivity index (χ3v) is 2.92. The molecule has 1 aliphatic carbocycles. The van der Waals surface area contributed by atoms with Gasteiger partial charge in [0.25, 0.3) is 0 Å². The second-order valence-corrected chi connectivity index (χ2v) is 3.87. The number of hydrogen-bond donors (Lipinski definition) is 1. The number of likely N-dealkylation sites (tertiary alicyclic amines) is 1. The molecule has 2 nitrogen and oxygen atoms in total. The molecule has 0 radical (unpaired) electrons. The summed E-state index contributed by atoms with van der Waals surface area (Å²) in [4.78, 5) is 2.41. The molecule has 0 amide bonds. The lowest BCUT2D eigenvalue weighted by atomic mass is 10.0. The molecule has 3 atom stereocenters. The van der Waals surface area contributed by atoms with Gasteiger partial charge in [-0.15, -0.1) is 0 Å². The molecule has 58 valence electrons. The molecule has 0 spiro atoms. The third kappa shape index (κ3) is 1.06. The molecule has 2 N–H and O–H groups in total. The number of nitrogens with two attached hydrogens (primary N) is 1. The molecule has 2 fully saturated rings. The van der Waals surface area contributed by atoms with Crippen LogP contribution in [-0.4, -0.2) is 31.1 Å². The molecule has 1 saturated heterocycles. The normalized spacial score (nSPS) is 48.0. The van der Waals surface area contributed by atoms with Gasteiger partial charge in [-0.2, -0.15) is 0 Å². The highest BCUT2D eigenvalue weighted by atomic mass is 15.1. The van der Waals surface area contributed by atoms with Crippen LogP contribution in [0.25, 0.3) is 0 Å². The monoisotopic (exact) mass is 140 g/mol. The molecule has 1 saturated carbocycles. The van der Waals surface area contributed by atoms with Crippen molar-refractivity contribution in [2.24, 2.45) is 17.6 Å². The predicted molar refractivity (Wildman–Crippen MR) is 41.7 cm³/mol. The summed E-state index contributed by atoms with van der Waals surface area (Å²) < 4.78 is 0. The molecule has 1 heterocycles. The van der Waals surface area contributed by atoms with E-state index in [-0.39, 0.29) is 0 Å². The quantitative estimate of drug-likeness (QED) is 0.567. The Kier molecular flexibility index (Phi) is 1.46.